The van der Waals surface area contributed by atoms with Crippen molar-refractivity contribution in [3.63, 3.8) is 0 Å². The monoisotopic (exact) mass is 281 g/mol. The molecular formula is C19H23NO. The van der Waals surface area contributed by atoms with Gasteiger partial charge >= 0.3 is 0 Å². The highest BCUT2D eigenvalue weighted by Gasteiger charge is 2.25. The summed E-state index contributed by atoms with van der Waals surface area (Å²) in [5.41, 5.74) is 6.84. The zero-order chi connectivity index (χ0) is 15.0. The fourth-order valence-corrected chi connectivity index (χ4v) is 3.25. The molecule has 0 radical (unpaired) electrons. The summed E-state index contributed by atoms with van der Waals surface area (Å²) in [5, 5.41) is 3.74. The van der Waals surface area contributed by atoms with Gasteiger partial charge in [-0.15, -0.1) is 0 Å². The van der Waals surface area contributed by atoms with Crippen LogP contribution in [0.25, 0.3) is 0 Å². The molecule has 1 heterocycles. The minimum Gasteiger partial charge on any atom is -0.497 e. The first-order valence-electron chi connectivity index (χ1n) is 7.63. The minimum atomic E-state index is 0.366. The second-order valence-electron chi connectivity index (χ2n) is 6.16. The molecule has 1 unspecified atom stereocenters. The summed E-state index contributed by atoms with van der Waals surface area (Å²) in [6.07, 6.45) is 1.06. The van der Waals surface area contributed by atoms with Crippen LogP contribution in [0.1, 0.15) is 48.1 Å². The molecule has 0 spiro atoms. The number of aryl methyl sites for hydroxylation is 1. The fourth-order valence-electron chi connectivity index (χ4n) is 3.25. The number of hydrogen-bond acceptors (Lipinski definition) is 2. The summed E-state index contributed by atoms with van der Waals surface area (Å²) in [5.74, 6) is 1.47. The number of benzene rings is 2. The zero-order valence-corrected chi connectivity index (χ0v) is 13.2. The topological polar surface area (TPSA) is 21.3 Å². The van der Waals surface area contributed by atoms with Crippen molar-refractivity contribution in [1.29, 1.82) is 0 Å². The van der Waals surface area contributed by atoms with Crippen molar-refractivity contribution in [2.24, 2.45) is 0 Å². The molecule has 2 heteroatoms. The maximum absolute atomic E-state index is 5.30. The molecule has 0 bridgehead atoms. The molecule has 1 atom stereocenters. The molecule has 21 heavy (non-hydrogen) atoms. The molecule has 0 aliphatic carbocycles. The second kappa shape index (κ2) is 5.44. The maximum atomic E-state index is 5.30. The Balaban J connectivity index is 1.93. The first kappa shape index (κ1) is 14.0. The predicted octanol–water partition coefficient (Wildman–Crippen LogP) is 4.84. The van der Waals surface area contributed by atoms with Gasteiger partial charge in [0.1, 0.15) is 5.75 Å². The number of para-hydroxylation sites is 1. The Hall–Kier alpha value is -1.96. The van der Waals surface area contributed by atoms with E-state index in [1.165, 1.54) is 27.9 Å². The molecule has 1 aliphatic heterocycles. The van der Waals surface area contributed by atoms with E-state index < -0.39 is 0 Å². The summed E-state index contributed by atoms with van der Waals surface area (Å²) in [6, 6.07) is 13.4. The number of methoxy groups -OCH3 is 1. The molecule has 3 rings (SSSR count). The van der Waals surface area contributed by atoms with Crippen LogP contribution >= 0.6 is 0 Å². The number of anilines is 1. The SMILES string of the molecule is COc1ccc(C2Cc3cccc(C(C)C)c3N2)c(C)c1. The van der Waals surface area contributed by atoms with Crippen molar-refractivity contribution < 1.29 is 4.74 Å². The Labute approximate surface area is 127 Å². The molecule has 0 saturated carbocycles. The summed E-state index contributed by atoms with van der Waals surface area (Å²) in [6.45, 7) is 6.67. The van der Waals surface area contributed by atoms with Crippen LogP contribution in [-0.4, -0.2) is 7.11 Å². The van der Waals surface area contributed by atoms with Gasteiger partial charge in [0.15, 0.2) is 0 Å². The summed E-state index contributed by atoms with van der Waals surface area (Å²) in [4.78, 5) is 0. The van der Waals surface area contributed by atoms with E-state index in [4.69, 9.17) is 4.74 Å². The third kappa shape index (κ3) is 2.51. The minimum absolute atomic E-state index is 0.366. The molecule has 2 nitrogen and oxygen atoms in total. The molecule has 110 valence electrons. The van der Waals surface area contributed by atoms with E-state index in [0.717, 1.165) is 12.2 Å². The largest absolute Gasteiger partial charge is 0.497 e. The van der Waals surface area contributed by atoms with E-state index in [0.29, 0.717) is 12.0 Å². The molecule has 2 aromatic carbocycles. The smallest absolute Gasteiger partial charge is 0.119 e. The van der Waals surface area contributed by atoms with Gasteiger partial charge < -0.3 is 10.1 Å². The van der Waals surface area contributed by atoms with Crippen LogP contribution in [0, 0.1) is 6.92 Å². The van der Waals surface area contributed by atoms with Crippen LogP contribution in [-0.2, 0) is 6.42 Å². The highest BCUT2D eigenvalue weighted by atomic mass is 16.5. The van der Waals surface area contributed by atoms with Crippen LogP contribution in [0.15, 0.2) is 36.4 Å². The molecule has 2 aromatic rings. The summed E-state index contributed by atoms with van der Waals surface area (Å²) in [7, 11) is 1.72. The van der Waals surface area contributed by atoms with Crippen molar-refractivity contribution in [2.45, 2.75) is 39.2 Å². The molecular weight excluding hydrogens is 258 g/mol. The van der Waals surface area contributed by atoms with Crippen LogP contribution in [0.4, 0.5) is 5.69 Å². The lowest BCUT2D eigenvalue weighted by Crippen LogP contribution is -2.08. The van der Waals surface area contributed by atoms with Crippen molar-refractivity contribution in [1.82, 2.24) is 0 Å². The number of fused-ring (bicyclic) bond motifs is 1. The van der Waals surface area contributed by atoms with Crippen molar-refractivity contribution in [3.8, 4) is 5.75 Å². The Morgan fingerprint density at radius 2 is 2.00 bits per heavy atom. The van der Waals surface area contributed by atoms with Gasteiger partial charge in [-0.1, -0.05) is 38.1 Å². The molecule has 1 N–H and O–H groups in total. The van der Waals surface area contributed by atoms with Crippen LogP contribution in [0.2, 0.25) is 0 Å². The maximum Gasteiger partial charge on any atom is 0.119 e. The molecule has 0 fully saturated rings. The lowest BCUT2D eigenvalue weighted by molar-refractivity contribution is 0.414. The number of nitrogens with one attached hydrogen (secondary N) is 1. The van der Waals surface area contributed by atoms with Crippen molar-refractivity contribution in [3.05, 3.63) is 58.7 Å². The number of rotatable bonds is 3. The fraction of sp³-hybridized carbons (Fsp3) is 0.368. The van der Waals surface area contributed by atoms with E-state index in [-0.39, 0.29) is 0 Å². The Morgan fingerprint density at radius 1 is 1.19 bits per heavy atom. The van der Waals surface area contributed by atoms with Gasteiger partial charge in [-0.05, 0) is 53.6 Å². The van der Waals surface area contributed by atoms with Crippen LogP contribution < -0.4 is 10.1 Å². The zero-order valence-electron chi connectivity index (χ0n) is 13.2. The van der Waals surface area contributed by atoms with Gasteiger partial charge in [0.25, 0.3) is 0 Å². The Kier molecular flexibility index (Phi) is 3.62. The molecule has 0 aromatic heterocycles. The highest BCUT2D eigenvalue weighted by Crippen LogP contribution is 2.40. The molecule has 0 amide bonds. The van der Waals surface area contributed by atoms with E-state index in [1.54, 1.807) is 7.11 Å². The van der Waals surface area contributed by atoms with Gasteiger partial charge in [-0.3, -0.25) is 0 Å². The predicted molar refractivity (Wildman–Crippen MR) is 88.3 cm³/mol. The standard InChI is InChI=1S/C19H23NO/c1-12(2)16-7-5-6-14-11-18(20-19(14)16)17-9-8-15(21-4)10-13(17)3/h5-10,12,18,20H,11H2,1-4H3. The third-order valence-electron chi connectivity index (χ3n) is 4.40. The first-order valence-corrected chi connectivity index (χ1v) is 7.63. The summed E-state index contributed by atoms with van der Waals surface area (Å²) >= 11 is 0. The van der Waals surface area contributed by atoms with Crippen LogP contribution in [0.3, 0.4) is 0 Å². The van der Waals surface area contributed by atoms with Gasteiger partial charge in [-0.25, -0.2) is 0 Å². The number of ether oxygens (including phenoxy) is 1. The quantitative estimate of drug-likeness (QED) is 0.869. The lowest BCUT2D eigenvalue weighted by Gasteiger charge is -2.17. The van der Waals surface area contributed by atoms with E-state index >= 15 is 0 Å². The Bertz CT molecular complexity index is 661. The van der Waals surface area contributed by atoms with Gasteiger partial charge in [0, 0.05) is 5.69 Å². The average molecular weight is 281 g/mol. The lowest BCUT2D eigenvalue weighted by atomic mass is 9.96. The highest BCUT2D eigenvalue weighted by molar-refractivity contribution is 5.64. The van der Waals surface area contributed by atoms with E-state index in [1.807, 2.05) is 0 Å². The molecule has 1 aliphatic rings. The first-order chi connectivity index (χ1) is 10.1. The van der Waals surface area contributed by atoms with E-state index in [9.17, 15) is 0 Å². The van der Waals surface area contributed by atoms with Gasteiger partial charge in [-0.2, -0.15) is 0 Å². The second-order valence-corrected chi connectivity index (χ2v) is 6.16. The third-order valence-corrected chi connectivity index (χ3v) is 4.40. The van der Waals surface area contributed by atoms with Gasteiger partial charge in [0.05, 0.1) is 13.2 Å². The normalized spacial score (nSPS) is 16.7. The Morgan fingerprint density at radius 3 is 2.67 bits per heavy atom. The average Bonchev–Trinajstić information content (AvgIpc) is 2.90. The van der Waals surface area contributed by atoms with Crippen molar-refractivity contribution >= 4 is 5.69 Å². The molecule has 0 saturated heterocycles. The van der Waals surface area contributed by atoms with Gasteiger partial charge in [0.2, 0.25) is 0 Å². The summed E-state index contributed by atoms with van der Waals surface area (Å²) < 4.78 is 5.30. The van der Waals surface area contributed by atoms with Crippen LogP contribution in [0.5, 0.6) is 5.75 Å². The van der Waals surface area contributed by atoms with Crippen molar-refractivity contribution in [2.75, 3.05) is 12.4 Å². The van der Waals surface area contributed by atoms with E-state index in [2.05, 4.69) is 62.5 Å². The number of hydrogen-bond donors (Lipinski definition) is 1.